The molecule has 1 aromatic heterocycles. The van der Waals surface area contributed by atoms with Crippen LogP contribution in [0.1, 0.15) is 35.4 Å². The van der Waals surface area contributed by atoms with Gasteiger partial charge < -0.3 is 5.32 Å². The highest BCUT2D eigenvalue weighted by atomic mass is 79.9. The Kier molecular flexibility index (Phi) is 4.13. The number of nitrogens with zero attached hydrogens (tertiary/aromatic N) is 2. The van der Waals surface area contributed by atoms with E-state index in [1.807, 2.05) is 17.7 Å². The Balaban J connectivity index is 1.79. The normalized spacial score (nSPS) is 14.7. The smallest absolute Gasteiger partial charge is 0.124 e. The molecule has 2 aromatic rings. The van der Waals surface area contributed by atoms with Crippen molar-refractivity contribution in [2.24, 2.45) is 0 Å². The Morgan fingerprint density at radius 1 is 1.33 bits per heavy atom. The third kappa shape index (κ3) is 3.52. The molecule has 1 heterocycles. The first-order valence-electron chi connectivity index (χ1n) is 7.24. The number of aryl methyl sites for hydroxylation is 1. The molecule has 0 aliphatic heterocycles. The Morgan fingerprint density at radius 2 is 2.10 bits per heavy atom. The molecule has 112 valence electrons. The fourth-order valence-corrected chi connectivity index (χ4v) is 3.07. The lowest BCUT2D eigenvalue weighted by Crippen LogP contribution is -2.16. The van der Waals surface area contributed by atoms with E-state index >= 15 is 0 Å². The van der Waals surface area contributed by atoms with Crippen LogP contribution in [0.25, 0.3) is 0 Å². The molecule has 1 saturated carbocycles. The van der Waals surface area contributed by atoms with Crippen molar-refractivity contribution >= 4 is 15.9 Å². The molecule has 3 nitrogen and oxygen atoms in total. The van der Waals surface area contributed by atoms with Gasteiger partial charge in [0.2, 0.25) is 0 Å². The molecule has 1 aliphatic carbocycles. The third-order valence-corrected chi connectivity index (χ3v) is 4.39. The second-order valence-electron chi connectivity index (χ2n) is 5.74. The van der Waals surface area contributed by atoms with Crippen molar-refractivity contribution in [1.29, 1.82) is 0 Å². The van der Waals surface area contributed by atoms with Gasteiger partial charge in [-0.15, -0.1) is 0 Å². The predicted octanol–water partition coefficient (Wildman–Crippen LogP) is 3.70. The van der Waals surface area contributed by atoms with Crippen LogP contribution in [0.15, 0.2) is 22.7 Å². The summed E-state index contributed by atoms with van der Waals surface area (Å²) >= 11 is 3.33. The first kappa shape index (κ1) is 14.7. The molecule has 0 saturated heterocycles. The number of hydrogen-bond donors (Lipinski definition) is 1. The Bertz CT molecular complexity index is 642. The van der Waals surface area contributed by atoms with E-state index in [1.54, 1.807) is 6.07 Å². The van der Waals surface area contributed by atoms with Gasteiger partial charge in [-0.05, 0) is 50.5 Å². The van der Waals surface area contributed by atoms with E-state index in [4.69, 9.17) is 0 Å². The quantitative estimate of drug-likeness (QED) is 0.889. The Labute approximate surface area is 132 Å². The standard InChI is InChI=1S/C16H19BrFN3/c1-10-16(8-19-15-3-4-15)11(2)21(20-10)9-12-5-13(17)7-14(18)6-12/h5-7,15,19H,3-4,8-9H2,1-2H3. The van der Waals surface area contributed by atoms with Gasteiger partial charge in [-0.2, -0.15) is 5.10 Å². The number of halogens is 2. The minimum atomic E-state index is -0.225. The molecule has 0 spiro atoms. The van der Waals surface area contributed by atoms with E-state index < -0.39 is 0 Å². The molecule has 1 aliphatic rings. The highest BCUT2D eigenvalue weighted by Gasteiger charge is 2.21. The lowest BCUT2D eigenvalue weighted by Gasteiger charge is -2.07. The first-order valence-corrected chi connectivity index (χ1v) is 8.03. The number of hydrogen-bond acceptors (Lipinski definition) is 2. The molecule has 3 rings (SSSR count). The van der Waals surface area contributed by atoms with E-state index in [0.29, 0.717) is 12.6 Å². The summed E-state index contributed by atoms with van der Waals surface area (Å²) in [6.45, 7) is 5.58. The number of aromatic nitrogens is 2. The van der Waals surface area contributed by atoms with E-state index in [-0.39, 0.29) is 5.82 Å². The van der Waals surface area contributed by atoms with Crippen molar-refractivity contribution in [2.75, 3.05) is 0 Å². The number of benzene rings is 1. The summed E-state index contributed by atoms with van der Waals surface area (Å²) in [5.74, 6) is -0.225. The van der Waals surface area contributed by atoms with E-state index in [9.17, 15) is 4.39 Å². The maximum absolute atomic E-state index is 13.5. The summed E-state index contributed by atoms with van der Waals surface area (Å²) in [5.41, 5.74) is 4.38. The van der Waals surface area contributed by atoms with Crippen LogP contribution < -0.4 is 5.32 Å². The van der Waals surface area contributed by atoms with Crippen LogP contribution in [0.4, 0.5) is 4.39 Å². The van der Waals surface area contributed by atoms with E-state index in [2.05, 4.69) is 33.3 Å². The van der Waals surface area contributed by atoms with Gasteiger partial charge in [0.25, 0.3) is 0 Å². The number of rotatable bonds is 5. The lowest BCUT2D eigenvalue weighted by atomic mass is 10.2. The van der Waals surface area contributed by atoms with Crippen LogP contribution in [0, 0.1) is 19.7 Å². The summed E-state index contributed by atoms with van der Waals surface area (Å²) in [5, 5.41) is 8.13. The van der Waals surface area contributed by atoms with Gasteiger partial charge in [0.1, 0.15) is 5.82 Å². The van der Waals surface area contributed by atoms with Gasteiger partial charge in [-0.1, -0.05) is 15.9 Å². The maximum atomic E-state index is 13.5. The second-order valence-corrected chi connectivity index (χ2v) is 6.66. The molecule has 5 heteroatoms. The molecule has 0 atom stereocenters. The van der Waals surface area contributed by atoms with Crippen LogP contribution in [0.5, 0.6) is 0 Å². The van der Waals surface area contributed by atoms with Gasteiger partial charge in [-0.3, -0.25) is 4.68 Å². The average molecular weight is 352 g/mol. The molecular weight excluding hydrogens is 333 g/mol. The Hall–Kier alpha value is -1.20. The largest absolute Gasteiger partial charge is 0.310 e. The summed E-state index contributed by atoms with van der Waals surface area (Å²) in [4.78, 5) is 0. The molecule has 0 radical (unpaired) electrons. The minimum absolute atomic E-state index is 0.225. The van der Waals surface area contributed by atoms with Crippen LogP contribution in [0.3, 0.4) is 0 Å². The summed E-state index contributed by atoms with van der Waals surface area (Å²) in [6, 6.07) is 5.65. The highest BCUT2D eigenvalue weighted by molar-refractivity contribution is 9.10. The zero-order chi connectivity index (χ0) is 15.0. The van der Waals surface area contributed by atoms with Crippen LogP contribution in [0.2, 0.25) is 0 Å². The minimum Gasteiger partial charge on any atom is -0.310 e. The molecule has 21 heavy (non-hydrogen) atoms. The van der Waals surface area contributed by atoms with Crippen molar-refractivity contribution in [2.45, 2.75) is 45.8 Å². The van der Waals surface area contributed by atoms with Crippen LogP contribution >= 0.6 is 15.9 Å². The van der Waals surface area contributed by atoms with E-state index in [0.717, 1.165) is 28.0 Å². The Morgan fingerprint density at radius 3 is 2.76 bits per heavy atom. The second kappa shape index (κ2) is 5.89. The van der Waals surface area contributed by atoms with Crippen molar-refractivity contribution in [3.63, 3.8) is 0 Å². The molecule has 0 amide bonds. The molecule has 1 aromatic carbocycles. The van der Waals surface area contributed by atoms with Crippen molar-refractivity contribution < 1.29 is 4.39 Å². The summed E-state index contributed by atoms with van der Waals surface area (Å²) in [6.07, 6.45) is 2.56. The molecular formula is C16H19BrFN3. The predicted molar refractivity (Wildman–Crippen MR) is 84.8 cm³/mol. The van der Waals surface area contributed by atoms with Gasteiger partial charge in [0.05, 0.1) is 12.2 Å². The molecule has 0 bridgehead atoms. The summed E-state index contributed by atoms with van der Waals surface area (Å²) in [7, 11) is 0. The zero-order valence-electron chi connectivity index (χ0n) is 12.3. The van der Waals surface area contributed by atoms with Crippen molar-refractivity contribution in [1.82, 2.24) is 15.1 Å². The molecule has 1 N–H and O–H groups in total. The van der Waals surface area contributed by atoms with Gasteiger partial charge in [0, 0.05) is 28.3 Å². The fraction of sp³-hybridized carbons (Fsp3) is 0.438. The average Bonchev–Trinajstić information content (AvgIpc) is 3.16. The van der Waals surface area contributed by atoms with Crippen LogP contribution in [-0.4, -0.2) is 15.8 Å². The maximum Gasteiger partial charge on any atom is 0.124 e. The van der Waals surface area contributed by atoms with Crippen molar-refractivity contribution in [3.8, 4) is 0 Å². The van der Waals surface area contributed by atoms with Gasteiger partial charge in [-0.25, -0.2) is 4.39 Å². The van der Waals surface area contributed by atoms with Crippen LogP contribution in [-0.2, 0) is 13.1 Å². The number of nitrogens with one attached hydrogen (secondary N) is 1. The SMILES string of the molecule is Cc1nn(Cc2cc(F)cc(Br)c2)c(C)c1CNC1CC1. The molecule has 0 unspecified atom stereocenters. The zero-order valence-corrected chi connectivity index (χ0v) is 13.9. The van der Waals surface area contributed by atoms with Crippen molar-refractivity contribution in [3.05, 3.63) is 51.0 Å². The van der Waals surface area contributed by atoms with Gasteiger partial charge in [0.15, 0.2) is 0 Å². The van der Waals surface area contributed by atoms with E-state index in [1.165, 1.54) is 24.5 Å². The third-order valence-electron chi connectivity index (χ3n) is 3.93. The lowest BCUT2D eigenvalue weighted by molar-refractivity contribution is 0.614. The fourth-order valence-electron chi connectivity index (χ4n) is 2.55. The van der Waals surface area contributed by atoms with Gasteiger partial charge >= 0.3 is 0 Å². The topological polar surface area (TPSA) is 29.9 Å². The first-order chi connectivity index (χ1) is 10.0. The summed E-state index contributed by atoms with van der Waals surface area (Å²) < 4.78 is 16.2. The molecule has 1 fully saturated rings. The highest BCUT2D eigenvalue weighted by Crippen LogP contribution is 2.22. The monoisotopic (exact) mass is 351 g/mol.